The molecule has 128 valence electrons. The summed E-state index contributed by atoms with van der Waals surface area (Å²) in [6, 6.07) is 6.21. The van der Waals surface area contributed by atoms with Gasteiger partial charge in [0.15, 0.2) is 5.13 Å². The van der Waals surface area contributed by atoms with Gasteiger partial charge in [-0.05, 0) is 24.3 Å². The molecule has 1 aromatic carbocycles. The van der Waals surface area contributed by atoms with Crippen molar-refractivity contribution in [1.82, 2.24) is 9.97 Å². The van der Waals surface area contributed by atoms with Crippen LogP contribution in [0, 0.1) is 0 Å². The number of halogens is 1. The van der Waals surface area contributed by atoms with Crippen molar-refractivity contribution in [3.05, 3.63) is 51.6 Å². The van der Waals surface area contributed by atoms with E-state index in [9.17, 15) is 14.7 Å². The van der Waals surface area contributed by atoms with Crippen molar-refractivity contribution in [2.75, 3.05) is 12.4 Å². The quantitative estimate of drug-likeness (QED) is 0.557. The molecule has 0 atom stereocenters. The Bertz CT molecular complexity index is 951. The smallest absolute Gasteiger partial charge is 0.354 e. The molecule has 0 fully saturated rings. The summed E-state index contributed by atoms with van der Waals surface area (Å²) in [4.78, 5) is 30.9. The molecule has 0 saturated heterocycles. The highest BCUT2D eigenvalue weighted by molar-refractivity contribution is 9.10. The number of aromatic amines is 1. The Balaban J connectivity index is 1.77. The number of aromatic hydroxyl groups is 1. The number of H-pyrrole nitrogens is 1. The van der Waals surface area contributed by atoms with E-state index in [2.05, 4.69) is 36.0 Å². The normalized spacial score (nSPS) is 10.5. The zero-order valence-corrected chi connectivity index (χ0v) is 15.3. The summed E-state index contributed by atoms with van der Waals surface area (Å²) in [6.07, 6.45) is 1.63. The first-order valence-corrected chi connectivity index (χ1v) is 8.67. The molecule has 2 aromatic heterocycles. The minimum Gasteiger partial charge on any atom is -0.507 e. The fourth-order valence-electron chi connectivity index (χ4n) is 2.09. The van der Waals surface area contributed by atoms with E-state index < -0.39 is 11.9 Å². The third-order valence-electron chi connectivity index (χ3n) is 3.31. The van der Waals surface area contributed by atoms with Gasteiger partial charge < -0.3 is 14.8 Å². The van der Waals surface area contributed by atoms with Crippen LogP contribution in [0.2, 0.25) is 0 Å². The lowest BCUT2D eigenvalue weighted by atomic mass is 10.2. The predicted octanol–water partition coefficient (Wildman–Crippen LogP) is 3.65. The zero-order chi connectivity index (χ0) is 18.0. The first-order valence-electron chi connectivity index (χ1n) is 7.00. The molecule has 0 saturated carbocycles. The molecule has 3 rings (SSSR count). The van der Waals surface area contributed by atoms with Crippen molar-refractivity contribution in [3.63, 3.8) is 0 Å². The molecule has 3 aromatic rings. The number of nitrogens with zero attached hydrogens (tertiary/aromatic N) is 1. The summed E-state index contributed by atoms with van der Waals surface area (Å²) in [5.74, 6) is -1.06. The second-order valence-corrected chi connectivity index (χ2v) is 6.72. The molecule has 0 aliphatic rings. The summed E-state index contributed by atoms with van der Waals surface area (Å²) in [6.45, 7) is 0. The van der Waals surface area contributed by atoms with Gasteiger partial charge in [-0.1, -0.05) is 15.9 Å². The minimum absolute atomic E-state index is 0.120. The number of nitrogens with one attached hydrogen (secondary N) is 2. The summed E-state index contributed by atoms with van der Waals surface area (Å²) in [5, 5.41) is 14.6. The lowest BCUT2D eigenvalue weighted by Gasteiger charge is -2.04. The Kier molecular flexibility index (Phi) is 4.86. The highest BCUT2D eigenvalue weighted by atomic mass is 79.9. The summed E-state index contributed by atoms with van der Waals surface area (Å²) < 4.78 is 5.32. The van der Waals surface area contributed by atoms with E-state index in [1.165, 1.54) is 30.6 Å². The molecule has 0 radical (unpaired) electrons. The van der Waals surface area contributed by atoms with Crippen molar-refractivity contribution in [2.24, 2.45) is 0 Å². The fourth-order valence-corrected chi connectivity index (χ4v) is 3.16. The summed E-state index contributed by atoms with van der Waals surface area (Å²) in [5.41, 5.74) is 1.75. The lowest BCUT2D eigenvalue weighted by molar-refractivity contribution is 0.0594. The van der Waals surface area contributed by atoms with E-state index in [0.29, 0.717) is 26.6 Å². The topological polar surface area (TPSA) is 104 Å². The fraction of sp³-hybridized carbons (Fsp3) is 0.0625. The van der Waals surface area contributed by atoms with Gasteiger partial charge in [-0.3, -0.25) is 10.1 Å². The van der Waals surface area contributed by atoms with Crippen LogP contribution in [0.1, 0.15) is 20.8 Å². The molecule has 0 aliphatic carbocycles. The van der Waals surface area contributed by atoms with Crippen LogP contribution in [0.5, 0.6) is 5.75 Å². The molecule has 0 aliphatic heterocycles. The third-order valence-corrected chi connectivity index (χ3v) is 4.56. The number of ether oxygens (including phenoxy) is 1. The van der Waals surface area contributed by atoms with Gasteiger partial charge in [0, 0.05) is 21.6 Å². The number of phenols is 1. The van der Waals surface area contributed by atoms with Crippen molar-refractivity contribution in [1.29, 1.82) is 0 Å². The molecule has 0 spiro atoms. The van der Waals surface area contributed by atoms with Crippen molar-refractivity contribution in [2.45, 2.75) is 0 Å². The number of aromatic nitrogens is 2. The van der Waals surface area contributed by atoms with Crippen LogP contribution in [-0.2, 0) is 4.74 Å². The number of esters is 1. The van der Waals surface area contributed by atoms with E-state index in [-0.39, 0.29) is 11.3 Å². The average Bonchev–Trinajstić information content (AvgIpc) is 3.25. The Morgan fingerprint density at radius 3 is 2.92 bits per heavy atom. The molecule has 3 N–H and O–H groups in total. The maximum absolute atomic E-state index is 12.3. The van der Waals surface area contributed by atoms with Gasteiger partial charge >= 0.3 is 5.97 Å². The average molecular weight is 422 g/mol. The van der Waals surface area contributed by atoms with Gasteiger partial charge in [-0.15, -0.1) is 11.3 Å². The van der Waals surface area contributed by atoms with Gasteiger partial charge in [-0.2, -0.15) is 0 Å². The molecule has 1 amide bonds. The number of rotatable bonds is 4. The number of hydrogen-bond donors (Lipinski definition) is 3. The molecular weight excluding hydrogens is 410 g/mol. The third kappa shape index (κ3) is 3.72. The zero-order valence-electron chi connectivity index (χ0n) is 12.9. The van der Waals surface area contributed by atoms with Crippen LogP contribution in [0.15, 0.2) is 40.3 Å². The van der Waals surface area contributed by atoms with E-state index in [1.54, 1.807) is 23.7 Å². The first kappa shape index (κ1) is 17.2. The van der Waals surface area contributed by atoms with E-state index in [1.807, 2.05) is 0 Å². The Morgan fingerprint density at radius 2 is 2.16 bits per heavy atom. The summed E-state index contributed by atoms with van der Waals surface area (Å²) in [7, 11) is 1.30. The number of hydrogen-bond acceptors (Lipinski definition) is 6. The van der Waals surface area contributed by atoms with Crippen LogP contribution in [0.4, 0.5) is 5.13 Å². The minimum atomic E-state index is -0.472. The van der Waals surface area contributed by atoms with Crippen molar-refractivity contribution < 1.29 is 19.4 Å². The van der Waals surface area contributed by atoms with Gasteiger partial charge in [0.2, 0.25) is 0 Å². The number of thiazole rings is 1. The number of carbonyl (C=O) groups is 2. The van der Waals surface area contributed by atoms with Gasteiger partial charge in [0.1, 0.15) is 11.4 Å². The standard InChI is InChI=1S/C16H12BrN3O4S/c1-24-15(23)11-4-8(6-18-11)12-7-25-16(19-12)20-14(22)10-5-9(17)2-3-13(10)21/h2-7,18,21H,1H3,(H,19,20,22). The van der Waals surface area contributed by atoms with E-state index in [4.69, 9.17) is 0 Å². The number of phenolic OH excluding ortho intramolecular Hbond substituents is 1. The number of carbonyl (C=O) groups excluding carboxylic acids is 2. The van der Waals surface area contributed by atoms with Crippen LogP contribution >= 0.6 is 27.3 Å². The van der Waals surface area contributed by atoms with Crippen LogP contribution in [0.3, 0.4) is 0 Å². The van der Waals surface area contributed by atoms with Crippen molar-refractivity contribution >= 4 is 44.3 Å². The second kappa shape index (κ2) is 7.08. The first-order chi connectivity index (χ1) is 12.0. The van der Waals surface area contributed by atoms with Crippen LogP contribution in [-0.4, -0.2) is 34.1 Å². The SMILES string of the molecule is COC(=O)c1cc(-c2csc(NC(=O)c3cc(Br)ccc3O)n2)c[nH]1. The van der Waals surface area contributed by atoms with Gasteiger partial charge in [0.25, 0.3) is 5.91 Å². The molecular formula is C16H12BrN3O4S. The molecule has 0 unspecified atom stereocenters. The Labute approximate surface area is 154 Å². The predicted molar refractivity (Wildman–Crippen MR) is 97.0 cm³/mol. The molecule has 25 heavy (non-hydrogen) atoms. The second-order valence-electron chi connectivity index (χ2n) is 4.95. The number of methoxy groups -OCH3 is 1. The maximum atomic E-state index is 12.3. The molecule has 2 heterocycles. The Hall–Kier alpha value is -2.65. The van der Waals surface area contributed by atoms with Gasteiger partial charge in [0.05, 0.1) is 18.4 Å². The monoisotopic (exact) mass is 421 g/mol. The lowest BCUT2D eigenvalue weighted by Crippen LogP contribution is -2.11. The van der Waals surface area contributed by atoms with Crippen molar-refractivity contribution in [3.8, 4) is 17.0 Å². The molecule has 9 heteroatoms. The maximum Gasteiger partial charge on any atom is 0.354 e. The van der Waals surface area contributed by atoms with Gasteiger partial charge in [-0.25, -0.2) is 9.78 Å². The number of benzene rings is 1. The Morgan fingerprint density at radius 1 is 1.36 bits per heavy atom. The number of anilines is 1. The molecule has 0 bridgehead atoms. The highest BCUT2D eigenvalue weighted by Crippen LogP contribution is 2.27. The number of amides is 1. The summed E-state index contributed by atoms with van der Waals surface area (Å²) >= 11 is 4.49. The molecule has 7 nitrogen and oxygen atoms in total. The van der Waals surface area contributed by atoms with Crippen LogP contribution in [0.25, 0.3) is 11.3 Å². The van der Waals surface area contributed by atoms with E-state index >= 15 is 0 Å². The van der Waals surface area contributed by atoms with Crippen LogP contribution < -0.4 is 5.32 Å². The van der Waals surface area contributed by atoms with E-state index in [0.717, 1.165) is 0 Å². The largest absolute Gasteiger partial charge is 0.507 e. The highest BCUT2D eigenvalue weighted by Gasteiger charge is 2.15.